The smallest absolute Gasteiger partial charge is 0.334 e. The van der Waals surface area contributed by atoms with Crippen molar-refractivity contribution in [3.8, 4) is 11.4 Å². The second kappa shape index (κ2) is 7.79. The molecule has 26 heavy (non-hydrogen) atoms. The molecule has 0 bridgehead atoms. The van der Waals surface area contributed by atoms with Crippen molar-refractivity contribution in [2.24, 2.45) is 0 Å². The minimum atomic E-state index is -1.08. The van der Waals surface area contributed by atoms with Crippen LogP contribution in [0.25, 0.3) is 11.4 Å². The number of morpholine rings is 1. The van der Waals surface area contributed by atoms with E-state index in [1.54, 1.807) is 24.3 Å². The first-order valence-corrected chi connectivity index (χ1v) is 8.56. The monoisotopic (exact) mass is 379 g/mol. The third-order valence-corrected chi connectivity index (χ3v) is 4.39. The maximum atomic E-state index is 12.8. The molecule has 1 aliphatic heterocycles. The summed E-state index contributed by atoms with van der Waals surface area (Å²) in [6.07, 6.45) is -0.566. The zero-order chi connectivity index (χ0) is 18.7. The normalized spacial score (nSPS) is 18.5. The summed E-state index contributed by atoms with van der Waals surface area (Å²) in [6.45, 7) is 2.35. The number of benzene rings is 1. The lowest BCUT2D eigenvalue weighted by Crippen LogP contribution is -2.50. The van der Waals surface area contributed by atoms with Crippen molar-refractivity contribution in [3.63, 3.8) is 0 Å². The van der Waals surface area contributed by atoms with Gasteiger partial charge in [-0.05, 0) is 35.9 Å². The SMILES string of the molecule is CC[C@H](C(=O)N1CCO[C@H](C(=O)O)C1)n1nnc(-c2ccc(Cl)cc2)n1. The maximum Gasteiger partial charge on any atom is 0.334 e. The van der Waals surface area contributed by atoms with Gasteiger partial charge in [0.05, 0.1) is 13.2 Å². The van der Waals surface area contributed by atoms with Gasteiger partial charge in [-0.2, -0.15) is 4.80 Å². The van der Waals surface area contributed by atoms with Crippen LogP contribution in [0.15, 0.2) is 24.3 Å². The fraction of sp³-hybridized carbons (Fsp3) is 0.438. The van der Waals surface area contributed by atoms with Gasteiger partial charge in [0.25, 0.3) is 0 Å². The molecule has 138 valence electrons. The predicted molar refractivity (Wildman–Crippen MR) is 91.5 cm³/mol. The van der Waals surface area contributed by atoms with Crippen LogP contribution < -0.4 is 0 Å². The Morgan fingerprint density at radius 3 is 2.77 bits per heavy atom. The highest BCUT2D eigenvalue weighted by Crippen LogP contribution is 2.20. The van der Waals surface area contributed by atoms with Gasteiger partial charge in [-0.1, -0.05) is 18.5 Å². The summed E-state index contributed by atoms with van der Waals surface area (Å²) in [4.78, 5) is 26.7. The molecular weight excluding hydrogens is 362 g/mol. The molecule has 2 aromatic rings. The van der Waals surface area contributed by atoms with Crippen LogP contribution in [0, 0.1) is 0 Å². The van der Waals surface area contributed by atoms with Gasteiger partial charge in [-0.25, -0.2) is 4.79 Å². The third-order valence-electron chi connectivity index (χ3n) is 4.13. The summed E-state index contributed by atoms with van der Waals surface area (Å²) in [5.41, 5.74) is 0.736. The van der Waals surface area contributed by atoms with Gasteiger partial charge in [-0.15, -0.1) is 10.2 Å². The molecule has 3 rings (SSSR count). The standard InChI is InChI=1S/C16H18ClN5O4/c1-2-12(15(23)21-7-8-26-13(9-21)16(24)25)22-19-14(18-20-22)10-3-5-11(17)6-4-10/h3-6,12-13H,2,7-9H2,1H3,(H,24,25)/t12-,13+/m1/s1. The molecule has 1 aliphatic rings. The molecule has 0 spiro atoms. The van der Waals surface area contributed by atoms with Crippen LogP contribution in [0.1, 0.15) is 19.4 Å². The number of nitrogens with zero attached hydrogens (tertiary/aromatic N) is 5. The number of carboxylic acid groups (broad SMARTS) is 1. The number of aromatic nitrogens is 4. The average Bonchev–Trinajstić information content (AvgIpc) is 3.12. The molecule has 2 heterocycles. The molecule has 0 saturated carbocycles. The molecule has 1 saturated heterocycles. The van der Waals surface area contributed by atoms with Crippen LogP contribution in [0.2, 0.25) is 5.02 Å². The summed E-state index contributed by atoms with van der Waals surface area (Å²) in [5, 5.41) is 22.0. The Bertz CT molecular complexity index is 794. The number of rotatable bonds is 5. The summed E-state index contributed by atoms with van der Waals surface area (Å²) < 4.78 is 5.16. The van der Waals surface area contributed by atoms with E-state index in [4.69, 9.17) is 21.4 Å². The Morgan fingerprint density at radius 2 is 2.12 bits per heavy atom. The summed E-state index contributed by atoms with van der Waals surface area (Å²) in [5.74, 6) is -0.945. The Hall–Kier alpha value is -2.52. The van der Waals surface area contributed by atoms with Gasteiger partial charge >= 0.3 is 5.97 Å². The largest absolute Gasteiger partial charge is 0.479 e. The highest BCUT2D eigenvalue weighted by molar-refractivity contribution is 6.30. The number of hydrogen-bond acceptors (Lipinski definition) is 6. The molecule has 0 unspecified atom stereocenters. The van der Waals surface area contributed by atoms with Crippen molar-refractivity contribution in [1.82, 2.24) is 25.1 Å². The molecule has 1 aromatic carbocycles. The molecule has 9 nitrogen and oxygen atoms in total. The van der Waals surface area contributed by atoms with Gasteiger partial charge < -0.3 is 14.7 Å². The van der Waals surface area contributed by atoms with Crippen molar-refractivity contribution in [2.75, 3.05) is 19.7 Å². The van der Waals surface area contributed by atoms with E-state index in [-0.39, 0.29) is 19.1 Å². The minimum Gasteiger partial charge on any atom is -0.479 e. The van der Waals surface area contributed by atoms with E-state index >= 15 is 0 Å². The summed E-state index contributed by atoms with van der Waals surface area (Å²) >= 11 is 5.88. The van der Waals surface area contributed by atoms with Crippen LogP contribution in [0.3, 0.4) is 0 Å². The van der Waals surface area contributed by atoms with Crippen molar-refractivity contribution in [2.45, 2.75) is 25.5 Å². The van der Waals surface area contributed by atoms with Gasteiger partial charge in [0, 0.05) is 17.1 Å². The van der Waals surface area contributed by atoms with Crippen molar-refractivity contribution in [3.05, 3.63) is 29.3 Å². The molecule has 1 amide bonds. The summed E-state index contributed by atoms with van der Waals surface area (Å²) in [7, 11) is 0. The predicted octanol–water partition coefficient (Wildman–Crippen LogP) is 1.26. The fourth-order valence-corrected chi connectivity index (χ4v) is 2.84. The van der Waals surface area contributed by atoms with Crippen LogP contribution >= 0.6 is 11.6 Å². The molecule has 0 aliphatic carbocycles. The first-order chi connectivity index (χ1) is 12.5. The molecule has 10 heteroatoms. The second-order valence-corrected chi connectivity index (χ2v) is 6.28. The van der Waals surface area contributed by atoms with Crippen molar-refractivity contribution >= 4 is 23.5 Å². The quantitative estimate of drug-likeness (QED) is 0.832. The van der Waals surface area contributed by atoms with Crippen LogP contribution in [0.4, 0.5) is 0 Å². The number of hydrogen-bond donors (Lipinski definition) is 1. The molecule has 1 N–H and O–H groups in total. The van der Waals surface area contributed by atoms with Gasteiger partial charge in [0.15, 0.2) is 12.1 Å². The zero-order valence-electron chi connectivity index (χ0n) is 14.1. The van der Waals surface area contributed by atoms with Gasteiger partial charge in [-0.3, -0.25) is 4.79 Å². The number of carbonyl (C=O) groups excluding carboxylic acids is 1. The number of ether oxygens (including phenoxy) is 1. The lowest BCUT2D eigenvalue weighted by Gasteiger charge is -2.32. The number of carbonyl (C=O) groups is 2. The van der Waals surface area contributed by atoms with E-state index in [0.717, 1.165) is 5.56 Å². The van der Waals surface area contributed by atoms with Crippen LogP contribution in [-0.2, 0) is 14.3 Å². The van der Waals surface area contributed by atoms with E-state index in [0.29, 0.717) is 23.8 Å². The highest BCUT2D eigenvalue weighted by Gasteiger charge is 2.33. The Balaban J connectivity index is 1.77. The van der Waals surface area contributed by atoms with E-state index in [2.05, 4.69) is 15.4 Å². The average molecular weight is 380 g/mol. The molecular formula is C16H18ClN5O4. The topological polar surface area (TPSA) is 110 Å². The van der Waals surface area contributed by atoms with Gasteiger partial charge in [0.2, 0.25) is 11.7 Å². The summed E-state index contributed by atoms with van der Waals surface area (Å²) in [6, 6.07) is 6.33. The second-order valence-electron chi connectivity index (χ2n) is 5.85. The first kappa shape index (κ1) is 18.3. The van der Waals surface area contributed by atoms with Crippen LogP contribution in [-0.4, -0.2) is 67.9 Å². The maximum absolute atomic E-state index is 12.8. The Kier molecular flexibility index (Phi) is 5.48. The number of tetrazole rings is 1. The zero-order valence-corrected chi connectivity index (χ0v) is 14.8. The molecule has 1 aromatic heterocycles. The number of aliphatic carboxylic acids is 1. The lowest BCUT2D eigenvalue weighted by molar-refractivity contribution is -0.160. The van der Waals surface area contributed by atoms with Crippen LogP contribution in [0.5, 0.6) is 0 Å². The molecule has 2 atom stereocenters. The number of halogens is 1. The first-order valence-electron chi connectivity index (χ1n) is 8.18. The van der Waals surface area contributed by atoms with E-state index in [1.165, 1.54) is 9.70 Å². The third kappa shape index (κ3) is 3.83. The fourth-order valence-electron chi connectivity index (χ4n) is 2.72. The molecule has 0 radical (unpaired) electrons. The minimum absolute atomic E-state index is 0.00338. The van der Waals surface area contributed by atoms with E-state index in [1.807, 2.05) is 6.92 Å². The van der Waals surface area contributed by atoms with E-state index < -0.39 is 18.1 Å². The Morgan fingerprint density at radius 1 is 1.38 bits per heavy atom. The van der Waals surface area contributed by atoms with Crippen molar-refractivity contribution in [1.29, 1.82) is 0 Å². The van der Waals surface area contributed by atoms with Gasteiger partial charge in [0.1, 0.15) is 0 Å². The van der Waals surface area contributed by atoms with E-state index in [9.17, 15) is 9.59 Å². The highest BCUT2D eigenvalue weighted by atomic mass is 35.5. The van der Waals surface area contributed by atoms with Crippen molar-refractivity contribution < 1.29 is 19.4 Å². The number of amides is 1. The number of carboxylic acids is 1. The molecule has 1 fully saturated rings. The Labute approximate surface area is 154 Å². The lowest BCUT2D eigenvalue weighted by atomic mass is 10.1.